The maximum Gasteiger partial charge on any atom is 0.237 e. The van der Waals surface area contributed by atoms with Crippen molar-refractivity contribution in [1.82, 2.24) is 0 Å². The zero-order valence-electron chi connectivity index (χ0n) is 9.88. The van der Waals surface area contributed by atoms with Gasteiger partial charge in [0.1, 0.15) is 0 Å². The van der Waals surface area contributed by atoms with Gasteiger partial charge in [-0.2, -0.15) is 4.99 Å². The van der Waals surface area contributed by atoms with Crippen molar-refractivity contribution in [2.45, 2.75) is 12.2 Å². The minimum atomic E-state index is -0.458. The second kappa shape index (κ2) is 6.65. The Balaban J connectivity index is 2.52. The Morgan fingerprint density at radius 1 is 1.39 bits per heavy atom. The fraction of sp³-hybridized carbons (Fsp3) is 0.182. The fourth-order valence-electron chi connectivity index (χ4n) is 1.13. The van der Waals surface area contributed by atoms with Gasteiger partial charge in [0.2, 0.25) is 5.91 Å². The first-order valence-corrected chi connectivity index (χ1v) is 6.07. The number of hydrogen-bond donors (Lipinski definition) is 4. The number of nitrogens with two attached hydrogens (primary N) is 2. The first kappa shape index (κ1) is 14.0. The van der Waals surface area contributed by atoms with Gasteiger partial charge in [-0.3, -0.25) is 10.2 Å². The zero-order chi connectivity index (χ0) is 13.5. The Morgan fingerprint density at radius 2 is 2.00 bits per heavy atom. The van der Waals surface area contributed by atoms with Gasteiger partial charge in [-0.25, -0.2) is 0 Å². The van der Waals surface area contributed by atoms with Gasteiger partial charge in [-0.05, 0) is 19.1 Å². The SMILES string of the molecule is CC(SC(=N)N=C(N)N)C(=O)Nc1ccccc1. The van der Waals surface area contributed by atoms with E-state index in [9.17, 15) is 4.79 Å². The van der Waals surface area contributed by atoms with Crippen molar-refractivity contribution >= 4 is 34.5 Å². The number of guanidine groups is 1. The van der Waals surface area contributed by atoms with Crippen molar-refractivity contribution in [2.24, 2.45) is 16.5 Å². The second-order valence-electron chi connectivity index (χ2n) is 3.46. The summed E-state index contributed by atoms with van der Waals surface area (Å²) < 4.78 is 0. The number of nitrogens with one attached hydrogen (secondary N) is 2. The number of rotatable bonds is 3. The Hall–Kier alpha value is -2.02. The predicted molar refractivity (Wildman–Crippen MR) is 75.7 cm³/mol. The molecule has 0 aliphatic carbocycles. The number of para-hydroxylation sites is 1. The highest BCUT2D eigenvalue weighted by Gasteiger charge is 2.15. The van der Waals surface area contributed by atoms with Crippen LogP contribution >= 0.6 is 11.8 Å². The second-order valence-corrected chi connectivity index (χ2v) is 4.79. The Bertz CT molecular complexity index is 456. The number of thioether (sulfide) groups is 1. The van der Waals surface area contributed by atoms with Crippen molar-refractivity contribution in [3.05, 3.63) is 30.3 Å². The van der Waals surface area contributed by atoms with Crippen LogP contribution in [0.4, 0.5) is 5.69 Å². The number of carbonyl (C=O) groups excluding carboxylic acids is 1. The van der Waals surface area contributed by atoms with Gasteiger partial charge in [0.05, 0.1) is 5.25 Å². The molecule has 7 heteroatoms. The van der Waals surface area contributed by atoms with Crippen LogP contribution in [-0.2, 0) is 4.79 Å². The maximum atomic E-state index is 11.8. The Kier molecular flexibility index (Phi) is 5.19. The van der Waals surface area contributed by atoms with Crippen LogP contribution in [0.3, 0.4) is 0 Å². The number of anilines is 1. The van der Waals surface area contributed by atoms with E-state index in [1.807, 2.05) is 18.2 Å². The van der Waals surface area contributed by atoms with Crippen LogP contribution in [0.25, 0.3) is 0 Å². The predicted octanol–water partition coefficient (Wildman–Crippen LogP) is 0.955. The number of aliphatic imine (C=N–C) groups is 1. The van der Waals surface area contributed by atoms with Gasteiger partial charge in [0.25, 0.3) is 0 Å². The van der Waals surface area contributed by atoms with Gasteiger partial charge < -0.3 is 16.8 Å². The molecule has 1 amide bonds. The molecule has 96 valence electrons. The van der Waals surface area contributed by atoms with Gasteiger partial charge in [-0.1, -0.05) is 30.0 Å². The van der Waals surface area contributed by atoms with E-state index < -0.39 is 5.25 Å². The lowest BCUT2D eigenvalue weighted by Crippen LogP contribution is -2.26. The summed E-state index contributed by atoms with van der Waals surface area (Å²) in [4.78, 5) is 15.3. The van der Waals surface area contributed by atoms with Crippen LogP contribution in [-0.4, -0.2) is 22.3 Å². The minimum Gasteiger partial charge on any atom is -0.370 e. The van der Waals surface area contributed by atoms with Crippen LogP contribution in [0.15, 0.2) is 35.3 Å². The molecule has 0 radical (unpaired) electrons. The number of amidine groups is 1. The van der Waals surface area contributed by atoms with Crippen LogP contribution in [0.1, 0.15) is 6.92 Å². The fourth-order valence-corrected chi connectivity index (χ4v) is 1.79. The number of carbonyl (C=O) groups is 1. The van der Waals surface area contributed by atoms with E-state index in [2.05, 4.69) is 10.3 Å². The number of benzene rings is 1. The monoisotopic (exact) mass is 265 g/mol. The lowest BCUT2D eigenvalue weighted by molar-refractivity contribution is -0.115. The molecular formula is C11H15N5OS. The average molecular weight is 265 g/mol. The van der Waals surface area contributed by atoms with Crippen molar-refractivity contribution < 1.29 is 4.79 Å². The Morgan fingerprint density at radius 3 is 2.56 bits per heavy atom. The van der Waals surface area contributed by atoms with Gasteiger partial charge >= 0.3 is 0 Å². The van der Waals surface area contributed by atoms with E-state index in [1.54, 1.807) is 19.1 Å². The molecule has 0 saturated carbocycles. The highest BCUT2D eigenvalue weighted by molar-refractivity contribution is 8.14. The minimum absolute atomic E-state index is 0.0919. The maximum absolute atomic E-state index is 11.8. The van der Waals surface area contributed by atoms with E-state index in [4.69, 9.17) is 16.9 Å². The van der Waals surface area contributed by atoms with Crippen molar-refractivity contribution in [3.8, 4) is 0 Å². The molecule has 0 aliphatic rings. The summed E-state index contributed by atoms with van der Waals surface area (Å²) in [6, 6.07) is 9.10. The molecule has 0 spiro atoms. The summed E-state index contributed by atoms with van der Waals surface area (Å²) in [6.07, 6.45) is 0. The standard InChI is InChI=1S/C11H15N5OS/c1-7(18-11(14)16-10(12)13)9(17)15-8-5-3-2-4-6-8/h2-7H,1H3,(H,15,17)(H5,12,13,14,16). The van der Waals surface area contributed by atoms with E-state index in [0.29, 0.717) is 5.69 Å². The molecule has 1 atom stereocenters. The molecule has 1 aromatic carbocycles. The van der Waals surface area contributed by atoms with Crippen molar-refractivity contribution in [2.75, 3.05) is 5.32 Å². The van der Waals surface area contributed by atoms with Crippen LogP contribution in [0.5, 0.6) is 0 Å². The smallest absolute Gasteiger partial charge is 0.237 e. The van der Waals surface area contributed by atoms with Gasteiger partial charge in [0.15, 0.2) is 11.1 Å². The lowest BCUT2D eigenvalue weighted by atomic mass is 10.3. The summed E-state index contributed by atoms with van der Waals surface area (Å²) >= 11 is 0.979. The lowest BCUT2D eigenvalue weighted by Gasteiger charge is -2.10. The molecular weight excluding hydrogens is 250 g/mol. The van der Waals surface area contributed by atoms with Crippen LogP contribution in [0, 0.1) is 5.41 Å². The third-order valence-electron chi connectivity index (χ3n) is 1.93. The summed E-state index contributed by atoms with van der Waals surface area (Å²) in [5.74, 6) is -0.398. The summed E-state index contributed by atoms with van der Waals surface area (Å²) in [7, 11) is 0. The van der Waals surface area contributed by atoms with E-state index in [0.717, 1.165) is 11.8 Å². The zero-order valence-corrected chi connectivity index (χ0v) is 10.7. The van der Waals surface area contributed by atoms with Crippen LogP contribution < -0.4 is 16.8 Å². The van der Waals surface area contributed by atoms with Crippen LogP contribution in [0.2, 0.25) is 0 Å². The largest absolute Gasteiger partial charge is 0.370 e. The molecule has 0 heterocycles. The van der Waals surface area contributed by atoms with Gasteiger partial charge in [0, 0.05) is 5.69 Å². The third kappa shape index (κ3) is 4.88. The summed E-state index contributed by atoms with van der Waals surface area (Å²) in [6.45, 7) is 1.68. The molecule has 0 fully saturated rings. The van der Waals surface area contributed by atoms with E-state index in [1.165, 1.54) is 0 Å². The van der Waals surface area contributed by atoms with E-state index >= 15 is 0 Å². The molecule has 1 unspecified atom stereocenters. The molecule has 0 aliphatic heterocycles. The third-order valence-corrected chi connectivity index (χ3v) is 2.81. The quantitative estimate of drug-likeness (QED) is 0.481. The Labute approximate surface area is 109 Å². The van der Waals surface area contributed by atoms with Gasteiger partial charge in [-0.15, -0.1) is 0 Å². The van der Waals surface area contributed by atoms with E-state index in [-0.39, 0.29) is 17.0 Å². The number of hydrogen-bond acceptors (Lipinski definition) is 3. The molecule has 0 saturated heterocycles. The first-order valence-electron chi connectivity index (χ1n) is 5.20. The summed E-state index contributed by atoms with van der Waals surface area (Å²) in [5.41, 5.74) is 11.0. The molecule has 0 aromatic heterocycles. The van der Waals surface area contributed by atoms with Crippen molar-refractivity contribution in [3.63, 3.8) is 0 Å². The van der Waals surface area contributed by atoms with Crippen molar-refractivity contribution in [1.29, 1.82) is 5.41 Å². The molecule has 18 heavy (non-hydrogen) atoms. The highest BCUT2D eigenvalue weighted by atomic mass is 32.2. The summed E-state index contributed by atoms with van der Waals surface area (Å²) in [5, 5.41) is 9.64. The number of nitrogens with zero attached hydrogens (tertiary/aromatic N) is 1. The molecule has 6 N–H and O–H groups in total. The number of amides is 1. The first-order chi connectivity index (χ1) is 8.49. The molecule has 1 rings (SSSR count). The molecule has 0 bridgehead atoms. The molecule has 1 aromatic rings. The highest BCUT2D eigenvalue weighted by Crippen LogP contribution is 2.15. The topological polar surface area (TPSA) is 117 Å². The molecule has 6 nitrogen and oxygen atoms in total. The average Bonchev–Trinajstić information content (AvgIpc) is 2.28. The normalized spacial score (nSPS) is 11.4.